The lowest BCUT2D eigenvalue weighted by atomic mass is 9.84. The molecule has 0 unspecified atom stereocenters. The molecule has 0 bridgehead atoms. The summed E-state index contributed by atoms with van der Waals surface area (Å²) in [7, 11) is 0. The van der Waals surface area contributed by atoms with Gasteiger partial charge in [0.05, 0.1) is 6.61 Å². The second-order valence-corrected chi connectivity index (χ2v) is 7.28. The molecule has 2 saturated heterocycles. The first kappa shape index (κ1) is 20.2. The number of carbonyl (C=O) groups is 3. The number of rotatable bonds is 5. The van der Waals surface area contributed by atoms with Crippen LogP contribution in [-0.2, 0) is 25.7 Å². The number of piperidine rings is 2. The van der Waals surface area contributed by atoms with Gasteiger partial charge in [0.15, 0.2) is 0 Å². The molecule has 2 amide bonds. The number of nitrogens with zero attached hydrogens (tertiary/aromatic N) is 2. The third kappa shape index (κ3) is 4.29. The highest BCUT2D eigenvalue weighted by molar-refractivity contribution is 5.89. The Kier molecular flexibility index (Phi) is 6.54. The van der Waals surface area contributed by atoms with Crippen LogP contribution in [0.15, 0.2) is 30.3 Å². The van der Waals surface area contributed by atoms with Gasteiger partial charge in [-0.3, -0.25) is 4.79 Å². The summed E-state index contributed by atoms with van der Waals surface area (Å²) in [6.45, 7) is 3.53. The van der Waals surface area contributed by atoms with Crippen LogP contribution in [0.4, 0.5) is 4.79 Å². The molecular weight excluding hydrogens is 360 g/mol. The van der Waals surface area contributed by atoms with Gasteiger partial charge in [-0.15, -0.1) is 0 Å². The molecule has 1 aromatic rings. The standard InChI is InChI=1S/C21H28N2O5/c1-2-27-19(25)21(23-13-7-6-10-18(23)24)11-14-22(15-12-21)20(26)28-16-17-8-4-3-5-9-17/h3-5,8-9H,2,6-7,10-16H2,1H3. The summed E-state index contributed by atoms with van der Waals surface area (Å²) in [6, 6.07) is 9.50. The van der Waals surface area contributed by atoms with Crippen LogP contribution in [0, 0.1) is 0 Å². The van der Waals surface area contributed by atoms with E-state index < -0.39 is 11.6 Å². The van der Waals surface area contributed by atoms with E-state index in [0.29, 0.717) is 38.9 Å². The molecule has 0 atom stereocenters. The largest absolute Gasteiger partial charge is 0.464 e. The van der Waals surface area contributed by atoms with Crippen molar-refractivity contribution in [3.8, 4) is 0 Å². The topological polar surface area (TPSA) is 76.2 Å². The minimum atomic E-state index is -0.969. The van der Waals surface area contributed by atoms with Gasteiger partial charge in [-0.1, -0.05) is 30.3 Å². The molecule has 2 aliphatic rings. The number of hydrogen-bond acceptors (Lipinski definition) is 5. The Morgan fingerprint density at radius 1 is 1.04 bits per heavy atom. The van der Waals surface area contributed by atoms with Crippen LogP contribution in [0.25, 0.3) is 0 Å². The van der Waals surface area contributed by atoms with Crippen LogP contribution in [0.2, 0.25) is 0 Å². The number of hydrogen-bond donors (Lipinski definition) is 0. The average molecular weight is 388 g/mol. The fraction of sp³-hybridized carbons (Fsp3) is 0.571. The third-order valence-corrected chi connectivity index (χ3v) is 5.55. The molecule has 2 heterocycles. The highest BCUT2D eigenvalue weighted by Gasteiger charge is 2.50. The lowest BCUT2D eigenvalue weighted by Gasteiger charge is -2.47. The van der Waals surface area contributed by atoms with Gasteiger partial charge in [0.1, 0.15) is 12.1 Å². The van der Waals surface area contributed by atoms with Crippen LogP contribution in [0.5, 0.6) is 0 Å². The fourth-order valence-corrected chi connectivity index (χ4v) is 3.98. The van der Waals surface area contributed by atoms with Crippen molar-refractivity contribution in [3.63, 3.8) is 0 Å². The van der Waals surface area contributed by atoms with E-state index in [1.807, 2.05) is 30.3 Å². The van der Waals surface area contributed by atoms with Crippen molar-refractivity contribution in [3.05, 3.63) is 35.9 Å². The van der Waals surface area contributed by atoms with Gasteiger partial charge in [0.25, 0.3) is 0 Å². The molecule has 152 valence electrons. The Morgan fingerprint density at radius 2 is 1.75 bits per heavy atom. The zero-order valence-corrected chi connectivity index (χ0v) is 16.4. The Hall–Kier alpha value is -2.57. The van der Waals surface area contributed by atoms with Crippen molar-refractivity contribution in [2.75, 3.05) is 26.2 Å². The molecular formula is C21H28N2O5. The van der Waals surface area contributed by atoms with Gasteiger partial charge in [0.2, 0.25) is 5.91 Å². The van der Waals surface area contributed by atoms with Crippen molar-refractivity contribution in [2.24, 2.45) is 0 Å². The molecule has 7 nitrogen and oxygen atoms in total. The van der Waals surface area contributed by atoms with Crippen LogP contribution in [-0.4, -0.2) is 59.5 Å². The van der Waals surface area contributed by atoms with Gasteiger partial charge >= 0.3 is 12.1 Å². The number of ether oxygens (including phenoxy) is 2. The first-order valence-corrected chi connectivity index (χ1v) is 10.00. The zero-order chi connectivity index (χ0) is 20.0. The summed E-state index contributed by atoms with van der Waals surface area (Å²) in [4.78, 5) is 41.0. The molecule has 1 aromatic carbocycles. The lowest BCUT2D eigenvalue weighted by Crippen LogP contribution is -2.63. The average Bonchev–Trinajstić information content (AvgIpc) is 2.73. The summed E-state index contributed by atoms with van der Waals surface area (Å²) in [5, 5.41) is 0. The Balaban J connectivity index is 1.64. The van der Waals surface area contributed by atoms with E-state index in [1.165, 1.54) is 0 Å². The lowest BCUT2D eigenvalue weighted by molar-refractivity contribution is -0.169. The Labute approximate surface area is 165 Å². The summed E-state index contributed by atoms with van der Waals surface area (Å²) < 4.78 is 10.7. The van der Waals surface area contributed by atoms with Crippen LogP contribution >= 0.6 is 0 Å². The van der Waals surface area contributed by atoms with Crippen molar-refractivity contribution in [1.82, 2.24) is 9.80 Å². The molecule has 0 N–H and O–H groups in total. The number of benzene rings is 1. The molecule has 0 saturated carbocycles. The van der Waals surface area contributed by atoms with Gasteiger partial charge in [0, 0.05) is 26.1 Å². The maximum atomic E-state index is 12.8. The zero-order valence-electron chi connectivity index (χ0n) is 16.4. The van der Waals surface area contributed by atoms with Crippen molar-refractivity contribution in [1.29, 1.82) is 0 Å². The van der Waals surface area contributed by atoms with Crippen molar-refractivity contribution < 1.29 is 23.9 Å². The fourth-order valence-electron chi connectivity index (χ4n) is 3.98. The van der Waals surface area contributed by atoms with Gasteiger partial charge in [-0.05, 0) is 38.2 Å². The molecule has 0 radical (unpaired) electrons. The van der Waals surface area contributed by atoms with E-state index in [2.05, 4.69) is 0 Å². The molecule has 0 aliphatic carbocycles. The van der Waals surface area contributed by atoms with E-state index in [1.54, 1.807) is 16.7 Å². The predicted molar refractivity (Wildman–Crippen MR) is 102 cm³/mol. The summed E-state index contributed by atoms with van der Waals surface area (Å²) in [5.74, 6) is -0.359. The van der Waals surface area contributed by atoms with Crippen molar-refractivity contribution in [2.45, 2.75) is 51.2 Å². The Bertz CT molecular complexity index is 698. The summed E-state index contributed by atoms with van der Waals surface area (Å²) in [5.41, 5.74) is -0.0448. The first-order chi connectivity index (χ1) is 13.6. The molecule has 2 aliphatic heterocycles. The van der Waals surface area contributed by atoms with E-state index in [-0.39, 0.29) is 25.1 Å². The maximum Gasteiger partial charge on any atom is 0.410 e. The number of amides is 2. The molecule has 7 heteroatoms. The van der Waals surface area contributed by atoms with Gasteiger partial charge in [-0.25, -0.2) is 9.59 Å². The SMILES string of the molecule is CCOC(=O)C1(N2CCCCC2=O)CCN(C(=O)OCc2ccccc2)CC1. The third-order valence-electron chi connectivity index (χ3n) is 5.55. The quantitative estimate of drug-likeness (QED) is 0.725. The summed E-state index contributed by atoms with van der Waals surface area (Å²) >= 11 is 0. The first-order valence-electron chi connectivity index (χ1n) is 10.00. The van der Waals surface area contributed by atoms with Crippen LogP contribution in [0.3, 0.4) is 0 Å². The second kappa shape index (κ2) is 9.08. The molecule has 2 fully saturated rings. The number of esters is 1. The monoisotopic (exact) mass is 388 g/mol. The van der Waals surface area contributed by atoms with Crippen LogP contribution in [0.1, 0.15) is 44.6 Å². The molecule has 3 rings (SSSR count). The second-order valence-electron chi connectivity index (χ2n) is 7.28. The number of likely N-dealkylation sites (tertiary alicyclic amines) is 2. The van der Waals surface area contributed by atoms with E-state index >= 15 is 0 Å². The van der Waals surface area contributed by atoms with Gasteiger partial charge < -0.3 is 19.3 Å². The highest BCUT2D eigenvalue weighted by atomic mass is 16.6. The predicted octanol–water partition coefficient (Wildman–Crippen LogP) is 2.73. The normalized spacial score (nSPS) is 19.2. The minimum Gasteiger partial charge on any atom is -0.464 e. The van der Waals surface area contributed by atoms with Gasteiger partial charge in [-0.2, -0.15) is 0 Å². The molecule has 28 heavy (non-hydrogen) atoms. The molecule has 0 aromatic heterocycles. The maximum absolute atomic E-state index is 12.8. The summed E-state index contributed by atoms with van der Waals surface area (Å²) in [6.07, 6.45) is 2.55. The van der Waals surface area contributed by atoms with E-state index in [4.69, 9.17) is 9.47 Å². The smallest absolute Gasteiger partial charge is 0.410 e. The van der Waals surface area contributed by atoms with Crippen molar-refractivity contribution >= 4 is 18.0 Å². The Morgan fingerprint density at radius 3 is 2.39 bits per heavy atom. The van der Waals surface area contributed by atoms with E-state index in [0.717, 1.165) is 18.4 Å². The van der Waals surface area contributed by atoms with Crippen LogP contribution < -0.4 is 0 Å². The minimum absolute atomic E-state index is 0.000549. The van der Waals surface area contributed by atoms with E-state index in [9.17, 15) is 14.4 Å². The number of carbonyl (C=O) groups excluding carboxylic acids is 3. The molecule has 0 spiro atoms. The highest BCUT2D eigenvalue weighted by Crippen LogP contribution is 2.34.